The maximum absolute atomic E-state index is 14.7. The quantitative estimate of drug-likeness (QED) is 0.511. The van der Waals surface area contributed by atoms with Crippen molar-refractivity contribution in [3.63, 3.8) is 0 Å². The Balaban J connectivity index is 1.52. The van der Waals surface area contributed by atoms with E-state index in [1.165, 1.54) is 6.07 Å². The minimum absolute atomic E-state index is 0.0472. The van der Waals surface area contributed by atoms with E-state index >= 15 is 0 Å². The molecule has 2 aliphatic heterocycles. The maximum Gasteiger partial charge on any atom is 0.171 e. The Morgan fingerprint density at radius 1 is 1.23 bits per heavy atom. The van der Waals surface area contributed by atoms with Gasteiger partial charge in [0, 0.05) is 36.8 Å². The van der Waals surface area contributed by atoms with E-state index in [1.54, 1.807) is 17.1 Å². The molecule has 2 aliphatic rings. The van der Waals surface area contributed by atoms with E-state index in [9.17, 15) is 4.39 Å². The van der Waals surface area contributed by atoms with E-state index in [1.807, 2.05) is 23.6 Å². The number of anilines is 1. The zero-order valence-electron chi connectivity index (χ0n) is 16.8. The van der Waals surface area contributed by atoms with Crippen molar-refractivity contribution < 1.29 is 13.9 Å². The Kier molecular flexibility index (Phi) is 3.90. The van der Waals surface area contributed by atoms with Crippen LogP contribution in [0.3, 0.4) is 0 Å². The van der Waals surface area contributed by atoms with Crippen LogP contribution in [0.2, 0.25) is 0 Å². The van der Waals surface area contributed by atoms with E-state index in [4.69, 9.17) is 15.2 Å². The second-order valence-corrected chi connectivity index (χ2v) is 7.75. The molecule has 0 saturated carbocycles. The summed E-state index contributed by atoms with van der Waals surface area (Å²) in [6.07, 6.45) is 1.62. The average molecular weight is 421 g/mol. The standard InChI is InChI=1S/C21H20FN7O2/c1-28-16(4-12(6-23)27-28)13-5-18-21(29-10-25-26-20(13)29)24-7-14-15(22)2-3-17-19(14)11(8-30-17)9-31-18/h2-5,10-11,24H,6-9,23H2,1H3/t11-/m0/s1. The smallest absolute Gasteiger partial charge is 0.171 e. The van der Waals surface area contributed by atoms with Crippen LogP contribution in [0.1, 0.15) is 22.7 Å². The van der Waals surface area contributed by atoms with Gasteiger partial charge in [0.2, 0.25) is 0 Å². The van der Waals surface area contributed by atoms with Crippen molar-refractivity contribution in [2.24, 2.45) is 12.8 Å². The predicted molar refractivity (Wildman–Crippen MR) is 111 cm³/mol. The molecule has 3 N–H and O–H groups in total. The molecule has 0 amide bonds. The summed E-state index contributed by atoms with van der Waals surface area (Å²) in [5.41, 5.74) is 10.3. The summed E-state index contributed by atoms with van der Waals surface area (Å²) in [6, 6.07) is 6.99. The number of fused-ring (bicyclic) bond motifs is 3. The van der Waals surface area contributed by atoms with Crippen LogP contribution in [-0.2, 0) is 20.1 Å². The fourth-order valence-corrected chi connectivity index (χ4v) is 4.45. The number of hydrogen-bond donors (Lipinski definition) is 2. The maximum atomic E-state index is 14.7. The first-order valence-electron chi connectivity index (χ1n) is 10.0. The van der Waals surface area contributed by atoms with E-state index in [-0.39, 0.29) is 11.7 Å². The highest BCUT2D eigenvalue weighted by molar-refractivity contribution is 5.80. The first kappa shape index (κ1) is 18.1. The summed E-state index contributed by atoms with van der Waals surface area (Å²) < 4.78 is 30.3. The van der Waals surface area contributed by atoms with Gasteiger partial charge in [-0.05, 0) is 24.3 Å². The Morgan fingerprint density at radius 3 is 2.87 bits per heavy atom. The molecule has 5 heterocycles. The van der Waals surface area contributed by atoms with Gasteiger partial charge in [0.25, 0.3) is 0 Å². The molecule has 0 aliphatic carbocycles. The lowest BCUT2D eigenvalue weighted by molar-refractivity contribution is 0.249. The highest BCUT2D eigenvalue weighted by atomic mass is 19.1. The number of aryl methyl sites for hydroxylation is 1. The largest absolute Gasteiger partial charge is 0.493 e. The molecule has 0 radical (unpaired) electrons. The fourth-order valence-electron chi connectivity index (χ4n) is 4.45. The Morgan fingerprint density at radius 2 is 2.06 bits per heavy atom. The molecule has 0 fully saturated rings. The number of hydrogen-bond acceptors (Lipinski definition) is 7. The van der Waals surface area contributed by atoms with Gasteiger partial charge in [0.1, 0.15) is 17.9 Å². The van der Waals surface area contributed by atoms with E-state index < -0.39 is 0 Å². The number of pyridine rings is 1. The first-order valence-corrected chi connectivity index (χ1v) is 10.0. The molecule has 1 atom stereocenters. The topological polar surface area (TPSA) is 105 Å². The number of nitrogens with zero attached hydrogens (tertiary/aromatic N) is 5. The van der Waals surface area contributed by atoms with Gasteiger partial charge in [0.05, 0.1) is 30.5 Å². The second kappa shape index (κ2) is 6.67. The lowest BCUT2D eigenvalue weighted by Gasteiger charge is -2.16. The minimum Gasteiger partial charge on any atom is -0.493 e. The van der Waals surface area contributed by atoms with Crippen molar-refractivity contribution in [1.29, 1.82) is 0 Å². The van der Waals surface area contributed by atoms with Gasteiger partial charge in [0.15, 0.2) is 17.2 Å². The van der Waals surface area contributed by atoms with Crippen LogP contribution in [0, 0.1) is 5.82 Å². The third-order valence-corrected chi connectivity index (χ3v) is 5.93. The van der Waals surface area contributed by atoms with Crippen molar-refractivity contribution >= 4 is 11.5 Å². The summed E-state index contributed by atoms with van der Waals surface area (Å²) in [4.78, 5) is 0. The number of aromatic nitrogens is 5. The highest BCUT2D eigenvalue weighted by Gasteiger charge is 2.31. The summed E-state index contributed by atoms with van der Waals surface area (Å²) in [6.45, 7) is 1.46. The van der Waals surface area contributed by atoms with E-state index in [0.29, 0.717) is 49.1 Å². The number of halogens is 1. The summed E-state index contributed by atoms with van der Waals surface area (Å²) in [5, 5.41) is 16.2. The van der Waals surface area contributed by atoms with Crippen molar-refractivity contribution in [3.8, 4) is 22.8 Å². The van der Waals surface area contributed by atoms with Gasteiger partial charge in [-0.1, -0.05) is 0 Å². The average Bonchev–Trinajstić information content (AvgIpc) is 3.50. The van der Waals surface area contributed by atoms with Crippen LogP contribution in [0.4, 0.5) is 10.2 Å². The number of nitrogens with one attached hydrogen (secondary N) is 1. The molecule has 0 bridgehead atoms. The Hall–Kier alpha value is -3.66. The molecule has 158 valence electrons. The lowest BCUT2D eigenvalue weighted by Crippen LogP contribution is -2.13. The van der Waals surface area contributed by atoms with Crippen LogP contribution < -0.4 is 20.5 Å². The van der Waals surface area contributed by atoms with Crippen LogP contribution in [0.5, 0.6) is 11.5 Å². The molecule has 1 aromatic carbocycles. The molecular formula is C21H20FN7O2. The SMILES string of the molecule is Cn1nc(CN)cc1-c1cc2c(n3cnnc13)NCc1c(F)ccc3c1[C@@H](CO3)CO2. The molecule has 9 nitrogen and oxygen atoms in total. The highest BCUT2D eigenvalue weighted by Crippen LogP contribution is 2.41. The van der Waals surface area contributed by atoms with Crippen molar-refractivity contribution in [2.45, 2.75) is 19.0 Å². The number of rotatable bonds is 2. The van der Waals surface area contributed by atoms with Crippen LogP contribution in [0.25, 0.3) is 16.9 Å². The number of ether oxygens (including phenoxy) is 2. The Bertz CT molecular complexity index is 1330. The van der Waals surface area contributed by atoms with Gasteiger partial charge in [-0.25, -0.2) is 4.39 Å². The molecule has 4 aromatic rings. The minimum atomic E-state index is -0.258. The molecule has 0 saturated heterocycles. The van der Waals surface area contributed by atoms with E-state index in [2.05, 4.69) is 20.6 Å². The third kappa shape index (κ3) is 2.68. The lowest BCUT2D eigenvalue weighted by atomic mass is 9.96. The van der Waals surface area contributed by atoms with Crippen molar-refractivity contribution in [3.05, 3.63) is 53.2 Å². The second-order valence-electron chi connectivity index (χ2n) is 7.75. The molecule has 0 spiro atoms. The molecule has 31 heavy (non-hydrogen) atoms. The monoisotopic (exact) mass is 421 g/mol. The van der Waals surface area contributed by atoms with Crippen LogP contribution in [-0.4, -0.2) is 37.6 Å². The normalized spacial score (nSPS) is 17.1. The zero-order valence-corrected chi connectivity index (χ0v) is 16.8. The molecule has 10 heteroatoms. The summed E-state index contributed by atoms with van der Waals surface area (Å²) >= 11 is 0. The number of benzene rings is 1. The van der Waals surface area contributed by atoms with Crippen molar-refractivity contribution in [1.82, 2.24) is 24.4 Å². The summed E-state index contributed by atoms with van der Waals surface area (Å²) in [5.74, 6) is 1.71. The van der Waals surface area contributed by atoms with Crippen LogP contribution in [0.15, 0.2) is 30.6 Å². The Labute approximate surface area is 176 Å². The third-order valence-electron chi connectivity index (χ3n) is 5.93. The predicted octanol–water partition coefficient (Wildman–Crippen LogP) is 2.21. The first-order chi connectivity index (χ1) is 15.1. The van der Waals surface area contributed by atoms with Crippen LogP contribution >= 0.6 is 0 Å². The molecule has 6 rings (SSSR count). The van der Waals surface area contributed by atoms with Crippen molar-refractivity contribution in [2.75, 3.05) is 18.5 Å². The fraction of sp³-hybridized carbons (Fsp3) is 0.286. The van der Waals surface area contributed by atoms with Gasteiger partial charge < -0.3 is 20.5 Å². The van der Waals surface area contributed by atoms with Gasteiger partial charge in [-0.2, -0.15) is 5.10 Å². The number of nitrogens with two attached hydrogens (primary N) is 1. The molecule has 0 unspecified atom stereocenters. The van der Waals surface area contributed by atoms with Gasteiger partial charge in [-0.3, -0.25) is 9.08 Å². The zero-order chi connectivity index (χ0) is 21.1. The summed E-state index contributed by atoms with van der Waals surface area (Å²) in [7, 11) is 1.86. The molecule has 3 aromatic heterocycles. The van der Waals surface area contributed by atoms with Gasteiger partial charge in [-0.15, -0.1) is 10.2 Å². The van der Waals surface area contributed by atoms with Gasteiger partial charge >= 0.3 is 0 Å². The van der Waals surface area contributed by atoms with E-state index in [0.717, 1.165) is 28.3 Å². The molecular weight excluding hydrogens is 401 g/mol.